The summed E-state index contributed by atoms with van der Waals surface area (Å²) >= 11 is 8.01. The average Bonchev–Trinajstić information content (AvgIpc) is 3.13. The number of hydrogen-bond acceptors (Lipinski definition) is 4. The molecule has 0 fully saturated rings. The lowest BCUT2D eigenvalue weighted by Crippen LogP contribution is -2.38. The highest BCUT2D eigenvalue weighted by Gasteiger charge is 2.29. The summed E-state index contributed by atoms with van der Waals surface area (Å²) in [5, 5.41) is 2.56. The molecule has 1 unspecified atom stereocenters. The van der Waals surface area contributed by atoms with E-state index in [-0.39, 0.29) is 11.9 Å². The predicted octanol–water partition coefficient (Wildman–Crippen LogP) is 4.97. The molecule has 0 radical (unpaired) electrons. The fourth-order valence-corrected chi connectivity index (χ4v) is 4.62. The summed E-state index contributed by atoms with van der Waals surface area (Å²) in [6.07, 6.45) is 5.21. The normalized spacial score (nSPS) is 16.6. The fraction of sp³-hybridized carbons (Fsp3) is 0.350. The highest BCUT2D eigenvalue weighted by Crippen LogP contribution is 2.37. The van der Waals surface area contributed by atoms with E-state index in [4.69, 9.17) is 21.1 Å². The van der Waals surface area contributed by atoms with E-state index in [0.717, 1.165) is 24.9 Å². The number of carbonyl (C=O) groups excluding carboxylic acids is 1. The van der Waals surface area contributed by atoms with Crippen LogP contribution in [0.4, 0.5) is 0 Å². The van der Waals surface area contributed by atoms with Gasteiger partial charge in [-0.15, -0.1) is 11.3 Å². The third-order valence-corrected chi connectivity index (χ3v) is 5.92. The van der Waals surface area contributed by atoms with E-state index in [1.165, 1.54) is 10.4 Å². The summed E-state index contributed by atoms with van der Waals surface area (Å²) in [5.74, 6) is 1.05. The molecule has 1 aromatic heterocycles. The molecule has 2 heterocycles. The molecule has 0 bridgehead atoms. The van der Waals surface area contributed by atoms with Gasteiger partial charge in [-0.05, 0) is 53.6 Å². The Bertz CT molecular complexity index is 830. The zero-order chi connectivity index (χ0) is 18.7. The lowest BCUT2D eigenvalue weighted by atomic mass is 9.97. The highest BCUT2D eigenvalue weighted by molar-refractivity contribution is 7.10. The minimum Gasteiger partial charge on any atom is -0.493 e. The van der Waals surface area contributed by atoms with Crippen molar-refractivity contribution < 1.29 is 14.3 Å². The van der Waals surface area contributed by atoms with Crippen molar-refractivity contribution in [2.75, 3.05) is 20.8 Å². The molecule has 2 aromatic rings. The third-order valence-electron chi connectivity index (χ3n) is 4.64. The summed E-state index contributed by atoms with van der Waals surface area (Å²) < 4.78 is 10.5. The van der Waals surface area contributed by atoms with Crippen molar-refractivity contribution in [3.63, 3.8) is 0 Å². The number of hydrogen-bond donors (Lipinski definition) is 0. The van der Waals surface area contributed by atoms with Gasteiger partial charge in [-0.25, -0.2) is 0 Å². The van der Waals surface area contributed by atoms with Crippen LogP contribution in [-0.2, 0) is 11.2 Å². The van der Waals surface area contributed by atoms with Crippen molar-refractivity contribution >= 4 is 34.9 Å². The molecule has 0 N–H and O–H groups in total. The fourth-order valence-electron chi connectivity index (χ4n) is 3.40. The minimum atomic E-state index is 0.0135. The Labute approximate surface area is 163 Å². The van der Waals surface area contributed by atoms with Crippen LogP contribution in [0.15, 0.2) is 29.7 Å². The maximum absolute atomic E-state index is 12.8. The number of ether oxygens (including phenoxy) is 2. The zero-order valence-corrected chi connectivity index (χ0v) is 16.7. The second-order valence-electron chi connectivity index (χ2n) is 6.08. The number of nitrogens with zero attached hydrogens (tertiary/aromatic N) is 1. The molecule has 26 heavy (non-hydrogen) atoms. The van der Waals surface area contributed by atoms with Crippen LogP contribution in [0.3, 0.4) is 0 Å². The topological polar surface area (TPSA) is 38.8 Å². The summed E-state index contributed by atoms with van der Waals surface area (Å²) in [4.78, 5) is 16.1. The molecule has 1 aromatic carbocycles. The van der Waals surface area contributed by atoms with Crippen molar-refractivity contribution in [3.05, 3.63) is 50.7 Å². The average molecular weight is 392 g/mol. The molecule has 1 aliphatic heterocycles. The molecule has 0 saturated heterocycles. The van der Waals surface area contributed by atoms with E-state index in [2.05, 4.69) is 18.4 Å². The molecule has 3 rings (SSSR count). The molecule has 0 saturated carbocycles. The van der Waals surface area contributed by atoms with Gasteiger partial charge in [0, 0.05) is 17.5 Å². The first-order valence-corrected chi connectivity index (χ1v) is 9.81. The first-order valence-electron chi connectivity index (χ1n) is 8.55. The first-order chi connectivity index (χ1) is 12.6. The van der Waals surface area contributed by atoms with Crippen molar-refractivity contribution in [1.82, 2.24) is 4.90 Å². The maximum Gasteiger partial charge on any atom is 0.247 e. The van der Waals surface area contributed by atoms with Gasteiger partial charge in [-0.3, -0.25) is 4.79 Å². The number of fused-ring (bicyclic) bond motifs is 1. The first kappa shape index (κ1) is 18.8. The van der Waals surface area contributed by atoms with Crippen LogP contribution in [0.25, 0.3) is 6.08 Å². The van der Waals surface area contributed by atoms with E-state index < -0.39 is 0 Å². The Morgan fingerprint density at radius 3 is 2.88 bits per heavy atom. The lowest BCUT2D eigenvalue weighted by Gasteiger charge is -2.34. The number of methoxy groups -OCH3 is 2. The van der Waals surface area contributed by atoms with Gasteiger partial charge in [-0.1, -0.05) is 18.5 Å². The maximum atomic E-state index is 12.8. The number of benzene rings is 1. The summed E-state index contributed by atoms with van der Waals surface area (Å²) in [6, 6.07) is 5.86. The van der Waals surface area contributed by atoms with Crippen molar-refractivity contribution in [2.45, 2.75) is 25.8 Å². The Balaban J connectivity index is 1.81. The number of amides is 1. The van der Waals surface area contributed by atoms with Crippen LogP contribution in [0, 0.1) is 0 Å². The Kier molecular flexibility index (Phi) is 5.89. The predicted molar refractivity (Wildman–Crippen MR) is 106 cm³/mol. The number of halogens is 1. The van der Waals surface area contributed by atoms with Gasteiger partial charge >= 0.3 is 0 Å². The van der Waals surface area contributed by atoms with Gasteiger partial charge in [0.25, 0.3) is 0 Å². The SMILES string of the molecule is CCC1c2ccsc2CCN1C(=O)/C=C/c1cc(Cl)c(OC)c(OC)c1. The summed E-state index contributed by atoms with van der Waals surface area (Å²) in [7, 11) is 3.10. The number of rotatable bonds is 5. The smallest absolute Gasteiger partial charge is 0.247 e. The molecule has 4 nitrogen and oxygen atoms in total. The van der Waals surface area contributed by atoms with E-state index in [0.29, 0.717) is 16.5 Å². The molecular formula is C20H22ClNO3S. The van der Waals surface area contributed by atoms with E-state index in [9.17, 15) is 4.79 Å². The molecule has 1 aliphatic rings. The van der Waals surface area contributed by atoms with Crippen molar-refractivity contribution in [3.8, 4) is 11.5 Å². The van der Waals surface area contributed by atoms with Crippen LogP contribution in [-0.4, -0.2) is 31.6 Å². The van der Waals surface area contributed by atoms with Gasteiger partial charge in [0.15, 0.2) is 11.5 Å². The quantitative estimate of drug-likeness (QED) is 0.675. The number of thiophene rings is 1. The lowest BCUT2D eigenvalue weighted by molar-refractivity contribution is -0.128. The van der Waals surface area contributed by atoms with Gasteiger partial charge in [-0.2, -0.15) is 0 Å². The second-order valence-corrected chi connectivity index (χ2v) is 7.48. The van der Waals surface area contributed by atoms with E-state index >= 15 is 0 Å². The van der Waals surface area contributed by atoms with Gasteiger partial charge in [0.2, 0.25) is 5.91 Å². The van der Waals surface area contributed by atoms with Gasteiger partial charge < -0.3 is 14.4 Å². The van der Waals surface area contributed by atoms with Gasteiger partial charge in [0.05, 0.1) is 25.3 Å². The Hall–Kier alpha value is -1.98. The molecule has 0 spiro atoms. The van der Waals surface area contributed by atoms with Gasteiger partial charge in [0.1, 0.15) is 0 Å². The molecule has 1 atom stereocenters. The van der Waals surface area contributed by atoms with Crippen LogP contribution in [0.1, 0.15) is 35.4 Å². The highest BCUT2D eigenvalue weighted by atomic mass is 35.5. The monoisotopic (exact) mass is 391 g/mol. The van der Waals surface area contributed by atoms with Crippen LogP contribution in [0.5, 0.6) is 11.5 Å². The second kappa shape index (κ2) is 8.14. The standard InChI is InChI=1S/C20H22ClNO3S/c1-4-16-14-8-10-26-18(14)7-9-22(16)19(23)6-5-13-11-15(21)20(25-3)17(12-13)24-2/h5-6,8,10-12,16H,4,7,9H2,1-3H3/b6-5+. The molecular weight excluding hydrogens is 370 g/mol. The molecule has 1 amide bonds. The Morgan fingerprint density at radius 2 is 2.19 bits per heavy atom. The van der Waals surface area contributed by atoms with Crippen LogP contribution < -0.4 is 9.47 Å². The van der Waals surface area contributed by atoms with Crippen LogP contribution >= 0.6 is 22.9 Å². The van der Waals surface area contributed by atoms with E-state index in [1.807, 2.05) is 4.90 Å². The van der Waals surface area contributed by atoms with E-state index in [1.54, 1.807) is 49.8 Å². The molecule has 0 aliphatic carbocycles. The van der Waals surface area contributed by atoms with Crippen molar-refractivity contribution in [1.29, 1.82) is 0 Å². The summed E-state index contributed by atoms with van der Waals surface area (Å²) in [6.45, 7) is 2.87. The largest absolute Gasteiger partial charge is 0.493 e. The van der Waals surface area contributed by atoms with Crippen molar-refractivity contribution in [2.24, 2.45) is 0 Å². The zero-order valence-electron chi connectivity index (χ0n) is 15.1. The molecule has 138 valence electrons. The summed E-state index contributed by atoms with van der Waals surface area (Å²) in [5.41, 5.74) is 2.09. The Morgan fingerprint density at radius 1 is 1.38 bits per heavy atom. The number of carbonyl (C=O) groups is 1. The third kappa shape index (κ3) is 3.60. The minimum absolute atomic E-state index is 0.0135. The van der Waals surface area contributed by atoms with Crippen LogP contribution in [0.2, 0.25) is 5.02 Å². The molecule has 6 heteroatoms.